The first-order valence-corrected chi connectivity index (χ1v) is 8.51. The molecule has 22 heavy (non-hydrogen) atoms. The summed E-state index contributed by atoms with van der Waals surface area (Å²) in [6.45, 7) is 4.32. The molecule has 0 spiro atoms. The molecule has 0 aromatic rings. The molecule has 0 aliphatic heterocycles. The van der Waals surface area contributed by atoms with Crippen molar-refractivity contribution in [2.75, 3.05) is 0 Å². The molecule has 0 bridgehead atoms. The summed E-state index contributed by atoms with van der Waals surface area (Å²) in [4.78, 5) is 24.1. The van der Waals surface area contributed by atoms with Crippen LogP contribution in [0.4, 0.5) is 0 Å². The molecule has 4 aliphatic carbocycles. The maximum atomic E-state index is 12.4. The lowest BCUT2D eigenvalue weighted by Crippen LogP contribution is -2.53. The summed E-state index contributed by atoms with van der Waals surface area (Å²) < 4.78 is 0. The lowest BCUT2D eigenvalue weighted by atomic mass is 9.48. The molecule has 4 aliphatic rings. The number of hydrogen-bond donors (Lipinski definition) is 1. The minimum absolute atomic E-state index is 0.120. The highest BCUT2D eigenvalue weighted by Gasteiger charge is 2.60. The summed E-state index contributed by atoms with van der Waals surface area (Å²) in [7, 11) is 0. The average Bonchev–Trinajstić information content (AvgIpc) is 2.77. The molecular weight excluding hydrogens is 276 g/mol. The van der Waals surface area contributed by atoms with Crippen molar-refractivity contribution in [2.45, 2.75) is 52.1 Å². The lowest BCUT2D eigenvalue weighted by Gasteiger charge is -2.56. The van der Waals surface area contributed by atoms with Gasteiger partial charge in [0, 0.05) is 23.7 Å². The van der Waals surface area contributed by atoms with Crippen LogP contribution in [0.1, 0.15) is 46.0 Å². The maximum Gasteiger partial charge on any atom is 0.159 e. The van der Waals surface area contributed by atoms with Gasteiger partial charge >= 0.3 is 0 Å². The Kier molecular flexibility index (Phi) is 2.88. The van der Waals surface area contributed by atoms with Gasteiger partial charge in [0.25, 0.3) is 0 Å². The number of rotatable bonds is 0. The molecule has 6 atom stereocenters. The Morgan fingerprint density at radius 2 is 1.95 bits per heavy atom. The van der Waals surface area contributed by atoms with E-state index in [0.717, 1.165) is 24.8 Å². The summed E-state index contributed by atoms with van der Waals surface area (Å²) in [5, 5.41) is 10.8. The second-order valence-corrected chi connectivity index (χ2v) is 8.15. The predicted molar refractivity (Wildman–Crippen MR) is 83.0 cm³/mol. The van der Waals surface area contributed by atoms with Crippen LogP contribution < -0.4 is 0 Å². The zero-order valence-corrected chi connectivity index (χ0v) is 13.3. The third-order valence-corrected chi connectivity index (χ3v) is 7.25. The van der Waals surface area contributed by atoms with Crippen molar-refractivity contribution in [1.29, 1.82) is 0 Å². The summed E-state index contributed by atoms with van der Waals surface area (Å²) in [5.41, 5.74) is 0.727. The van der Waals surface area contributed by atoms with E-state index in [4.69, 9.17) is 0 Å². The number of carbonyl (C=O) groups is 2. The van der Waals surface area contributed by atoms with Gasteiger partial charge in [-0.2, -0.15) is 0 Å². The smallest absolute Gasteiger partial charge is 0.159 e. The van der Waals surface area contributed by atoms with Gasteiger partial charge in [0.2, 0.25) is 0 Å². The Morgan fingerprint density at radius 3 is 2.73 bits per heavy atom. The lowest BCUT2D eigenvalue weighted by molar-refractivity contribution is -0.133. The zero-order valence-electron chi connectivity index (χ0n) is 13.3. The Hall–Kier alpha value is -1.22. The molecule has 0 saturated heterocycles. The normalized spacial score (nSPS) is 50.2. The molecule has 3 unspecified atom stereocenters. The SMILES string of the molecule is C[C@]12C=CC(=O)CC1=C[C@H](O)C1C2CC[C@]2(C)C(=O)CCC12. The minimum atomic E-state index is -0.511. The van der Waals surface area contributed by atoms with Crippen LogP contribution in [0, 0.1) is 28.6 Å². The van der Waals surface area contributed by atoms with Crippen LogP contribution in [0.5, 0.6) is 0 Å². The Morgan fingerprint density at radius 1 is 1.18 bits per heavy atom. The fraction of sp³-hybridized carbons (Fsp3) is 0.684. The van der Waals surface area contributed by atoms with Crippen LogP contribution >= 0.6 is 0 Å². The van der Waals surface area contributed by atoms with Crippen LogP contribution in [0.3, 0.4) is 0 Å². The fourth-order valence-corrected chi connectivity index (χ4v) is 5.87. The standard InChI is InChI=1S/C19H24O3/c1-18-7-5-12(20)9-11(18)10-15(21)17-13-3-4-16(22)19(13,2)8-6-14(17)18/h5,7,10,13-15,17,21H,3-4,6,8-9H2,1-2H3/t13?,14?,15-,17?,18-,19-/m0/s1. The molecule has 3 nitrogen and oxygen atoms in total. The molecule has 0 amide bonds. The number of allylic oxidation sites excluding steroid dienone is 3. The molecular formula is C19H24O3. The maximum absolute atomic E-state index is 12.4. The third-order valence-electron chi connectivity index (χ3n) is 7.25. The minimum Gasteiger partial charge on any atom is -0.389 e. The van der Waals surface area contributed by atoms with Gasteiger partial charge < -0.3 is 5.11 Å². The van der Waals surface area contributed by atoms with Crippen molar-refractivity contribution in [3.63, 3.8) is 0 Å². The number of ketones is 2. The third kappa shape index (κ3) is 1.66. The fourth-order valence-electron chi connectivity index (χ4n) is 5.87. The summed E-state index contributed by atoms with van der Waals surface area (Å²) in [6, 6.07) is 0. The van der Waals surface area contributed by atoms with Gasteiger partial charge in [0.15, 0.2) is 5.78 Å². The highest BCUT2D eigenvalue weighted by atomic mass is 16.3. The van der Waals surface area contributed by atoms with Crippen LogP contribution in [-0.4, -0.2) is 22.8 Å². The van der Waals surface area contributed by atoms with Crippen molar-refractivity contribution in [3.8, 4) is 0 Å². The largest absolute Gasteiger partial charge is 0.389 e. The molecule has 3 heteroatoms. The summed E-state index contributed by atoms with van der Waals surface area (Å²) >= 11 is 0. The van der Waals surface area contributed by atoms with Gasteiger partial charge in [-0.25, -0.2) is 0 Å². The number of carbonyl (C=O) groups excluding carboxylic acids is 2. The van der Waals surface area contributed by atoms with E-state index in [-0.39, 0.29) is 28.4 Å². The van der Waals surface area contributed by atoms with E-state index in [9.17, 15) is 14.7 Å². The first-order chi connectivity index (χ1) is 10.4. The van der Waals surface area contributed by atoms with Crippen LogP contribution in [0.15, 0.2) is 23.8 Å². The second-order valence-electron chi connectivity index (χ2n) is 8.15. The number of aliphatic hydroxyl groups is 1. The van der Waals surface area contributed by atoms with Gasteiger partial charge in [-0.3, -0.25) is 9.59 Å². The number of aliphatic hydroxyl groups excluding tert-OH is 1. The molecule has 2 fully saturated rings. The van der Waals surface area contributed by atoms with Crippen molar-refractivity contribution in [1.82, 2.24) is 0 Å². The first kappa shape index (κ1) is 14.4. The van der Waals surface area contributed by atoms with Gasteiger partial charge in [-0.05, 0) is 43.1 Å². The van der Waals surface area contributed by atoms with Crippen LogP contribution in [0.25, 0.3) is 0 Å². The Labute approximate surface area is 131 Å². The predicted octanol–water partition coefficient (Wildman–Crippen LogP) is 2.83. The van der Waals surface area contributed by atoms with E-state index in [2.05, 4.69) is 19.9 Å². The van der Waals surface area contributed by atoms with Crippen LogP contribution in [-0.2, 0) is 9.59 Å². The Balaban J connectivity index is 1.79. The summed E-state index contributed by atoms with van der Waals surface area (Å²) in [5.74, 6) is 1.30. The van der Waals surface area contributed by atoms with Crippen molar-refractivity contribution in [3.05, 3.63) is 23.8 Å². The molecule has 118 valence electrons. The summed E-state index contributed by atoms with van der Waals surface area (Å²) in [6.07, 6.45) is 9.11. The number of fused-ring (bicyclic) bond motifs is 5. The number of hydrogen-bond acceptors (Lipinski definition) is 3. The molecule has 0 radical (unpaired) electrons. The Bertz CT molecular complexity index is 616. The van der Waals surface area contributed by atoms with E-state index in [1.165, 1.54) is 0 Å². The van der Waals surface area contributed by atoms with E-state index in [1.54, 1.807) is 6.08 Å². The molecule has 0 aromatic heterocycles. The van der Waals surface area contributed by atoms with Gasteiger partial charge in [-0.15, -0.1) is 0 Å². The van der Waals surface area contributed by atoms with Crippen molar-refractivity contribution in [2.24, 2.45) is 28.6 Å². The monoisotopic (exact) mass is 300 g/mol. The second kappa shape index (κ2) is 4.41. The van der Waals surface area contributed by atoms with E-state index in [0.29, 0.717) is 24.5 Å². The zero-order chi connectivity index (χ0) is 15.7. The van der Waals surface area contributed by atoms with Gasteiger partial charge in [0.05, 0.1) is 6.10 Å². The number of Topliss-reactive ketones (excluding diaryl/α,β-unsaturated/α-hetero) is 1. The molecule has 4 rings (SSSR count). The molecule has 0 aromatic carbocycles. The average molecular weight is 300 g/mol. The molecule has 2 saturated carbocycles. The highest BCUT2D eigenvalue weighted by Crippen LogP contribution is 2.62. The van der Waals surface area contributed by atoms with Crippen molar-refractivity contribution >= 4 is 11.6 Å². The first-order valence-electron chi connectivity index (χ1n) is 8.51. The quantitative estimate of drug-likeness (QED) is 0.700. The molecule has 1 N–H and O–H groups in total. The van der Waals surface area contributed by atoms with Crippen molar-refractivity contribution < 1.29 is 14.7 Å². The van der Waals surface area contributed by atoms with E-state index in [1.807, 2.05) is 6.08 Å². The highest BCUT2D eigenvalue weighted by molar-refractivity contribution is 5.93. The molecule has 0 heterocycles. The van der Waals surface area contributed by atoms with Crippen LogP contribution in [0.2, 0.25) is 0 Å². The van der Waals surface area contributed by atoms with Gasteiger partial charge in [-0.1, -0.05) is 31.6 Å². The van der Waals surface area contributed by atoms with Gasteiger partial charge in [0.1, 0.15) is 5.78 Å². The van der Waals surface area contributed by atoms with E-state index < -0.39 is 6.10 Å². The topological polar surface area (TPSA) is 54.4 Å². The van der Waals surface area contributed by atoms with E-state index >= 15 is 0 Å².